The second-order valence-electron chi connectivity index (χ2n) is 2.63. The second-order valence-corrected chi connectivity index (χ2v) is 2.63. The molecule has 0 spiro atoms. The van der Waals surface area contributed by atoms with Crippen molar-refractivity contribution in [2.45, 2.75) is 19.6 Å². The SMILES string of the molecule is CC(O)c1cccc(OC(F)F)c1. The molecule has 0 aromatic heterocycles. The molecular weight excluding hydrogens is 178 g/mol. The van der Waals surface area contributed by atoms with Crippen molar-refractivity contribution in [3.8, 4) is 5.75 Å². The molecule has 1 aromatic carbocycles. The molecule has 0 heterocycles. The van der Waals surface area contributed by atoms with E-state index in [2.05, 4.69) is 4.74 Å². The Balaban J connectivity index is 2.79. The highest BCUT2D eigenvalue weighted by Crippen LogP contribution is 2.20. The largest absolute Gasteiger partial charge is 0.435 e. The molecular formula is C9H10F2O2. The van der Waals surface area contributed by atoms with E-state index in [9.17, 15) is 8.78 Å². The van der Waals surface area contributed by atoms with Crippen molar-refractivity contribution in [1.29, 1.82) is 0 Å². The zero-order valence-corrected chi connectivity index (χ0v) is 7.08. The Labute approximate surface area is 74.8 Å². The minimum absolute atomic E-state index is 0.0633. The van der Waals surface area contributed by atoms with E-state index >= 15 is 0 Å². The van der Waals surface area contributed by atoms with E-state index < -0.39 is 12.7 Å². The van der Waals surface area contributed by atoms with Gasteiger partial charge in [0.1, 0.15) is 5.75 Å². The minimum Gasteiger partial charge on any atom is -0.435 e. The third-order valence-corrected chi connectivity index (χ3v) is 1.57. The molecule has 0 aliphatic heterocycles. The number of rotatable bonds is 3. The van der Waals surface area contributed by atoms with Crippen molar-refractivity contribution in [1.82, 2.24) is 0 Å². The molecule has 72 valence electrons. The number of aliphatic hydroxyl groups excluding tert-OH is 1. The van der Waals surface area contributed by atoms with E-state index in [0.29, 0.717) is 5.56 Å². The maximum absolute atomic E-state index is 11.8. The van der Waals surface area contributed by atoms with Gasteiger partial charge in [-0.1, -0.05) is 12.1 Å². The zero-order valence-electron chi connectivity index (χ0n) is 7.08. The van der Waals surface area contributed by atoms with Gasteiger partial charge in [0, 0.05) is 0 Å². The fourth-order valence-electron chi connectivity index (χ4n) is 0.951. The highest BCUT2D eigenvalue weighted by atomic mass is 19.3. The van der Waals surface area contributed by atoms with Crippen molar-refractivity contribution in [3.63, 3.8) is 0 Å². The van der Waals surface area contributed by atoms with Crippen molar-refractivity contribution >= 4 is 0 Å². The minimum atomic E-state index is -2.83. The fraction of sp³-hybridized carbons (Fsp3) is 0.333. The zero-order chi connectivity index (χ0) is 9.84. The van der Waals surface area contributed by atoms with Crippen LogP contribution in [0.1, 0.15) is 18.6 Å². The molecule has 0 fully saturated rings. The third-order valence-electron chi connectivity index (χ3n) is 1.57. The predicted molar refractivity (Wildman–Crippen MR) is 43.7 cm³/mol. The summed E-state index contributed by atoms with van der Waals surface area (Å²) in [5, 5.41) is 9.14. The number of aliphatic hydroxyl groups is 1. The number of halogens is 2. The summed E-state index contributed by atoms with van der Waals surface area (Å²) < 4.78 is 27.7. The third kappa shape index (κ3) is 2.99. The number of benzene rings is 1. The van der Waals surface area contributed by atoms with Gasteiger partial charge in [-0.25, -0.2) is 0 Å². The molecule has 1 N–H and O–H groups in total. The summed E-state index contributed by atoms with van der Waals surface area (Å²) in [5.41, 5.74) is 0.554. The summed E-state index contributed by atoms with van der Waals surface area (Å²) in [6.07, 6.45) is -0.679. The molecule has 1 aromatic rings. The molecule has 0 saturated heterocycles. The van der Waals surface area contributed by atoms with Gasteiger partial charge in [-0.15, -0.1) is 0 Å². The van der Waals surface area contributed by atoms with Gasteiger partial charge >= 0.3 is 6.61 Å². The second kappa shape index (κ2) is 4.18. The molecule has 1 atom stereocenters. The predicted octanol–water partition coefficient (Wildman–Crippen LogP) is 2.34. The van der Waals surface area contributed by atoms with Crippen LogP contribution in [0.5, 0.6) is 5.75 Å². The molecule has 0 aliphatic carbocycles. The molecule has 2 nitrogen and oxygen atoms in total. The van der Waals surface area contributed by atoms with Crippen molar-refractivity contribution in [2.75, 3.05) is 0 Å². The Kier molecular flexibility index (Phi) is 3.19. The topological polar surface area (TPSA) is 29.5 Å². The summed E-state index contributed by atoms with van der Waals surface area (Å²) in [7, 11) is 0. The first-order valence-electron chi connectivity index (χ1n) is 3.82. The molecule has 0 radical (unpaired) electrons. The number of ether oxygens (including phenoxy) is 1. The van der Waals surface area contributed by atoms with E-state index in [4.69, 9.17) is 5.11 Å². The van der Waals surface area contributed by atoms with E-state index in [1.165, 1.54) is 12.1 Å². The van der Waals surface area contributed by atoms with Crippen LogP contribution >= 0.6 is 0 Å². The van der Waals surface area contributed by atoms with Crippen molar-refractivity contribution in [2.24, 2.45) is 0 Å². The average molecular weight is 188 g/mol. The van der Waals surface area contributed by atoms with Crippen LogP contribution in [-0.4, -0.2) is 11.7 Å². The molecule has 13 heavy (non-hydrogen) atoms. The molecule has 0 aliphatic rings. The van der Waals surface area contributed by atoms with E-state index in [-0.39, 0.29) is 5.75 Å². The maximum atomic E-state index is 11.8. The lowest BCUT2D eigenvalue weighted by Gasteiger charge is -2.08. The Morgan fingerprint density at radius 2 is 2.08 bits per heavy atom. The van der Waals surface area contributed by atoms with Crippen LogP contribution < -0.4 is 4.74 Å². The van der Waals surface area contributed by atoms with Gasteiger partial charge in [0.2, 0.25) is 0 Å². The van der Waals surface area contributed by atoms with Crippen LogP contribution in [0.2, 0.25) is 0 Å². The molecule has 0 amide bonds. The smallest absolute Gasteiger partial charge is 0.387 e. The first kappa shape index (κ1) is 9.92. The van der Waals surface area contributed by atoms with Gasteiger partial charge in [0.25, 0.3) is 0 Å². The monoisotopic (exact) mass is 188 g/mol. The molecule has 4 heteroatoms. The van der Waals surface area contributed by atoms with Crippen LogP contribution in [-0.2, 0) is 0 Å². The Hall–Kier alpha value is -1.16. The lowest BCUT2D eigenvalue weighted by atomic mass is 10.1. The van der Waals surface area contributed by atoms with E-state index in [1.54, 1.807) is 19.1 Å². The van der Waals surface area contributed by atoms with Gasteiger partial charge in [-0.3, -0.25) is 0 Å². The first-order chi connectivity index (χ1) is 6.09. The Morgan fingerprint density at radius 1 is 1.38 bits per heavy atom. The summed E-state index contributed by atoms with van der Waals surface area (Å²) >= 11 is 0. The summed E-state index contributed by atoms with van der Waals surface area (Å²) in [4.78, 5) is 0. The van der Waals surface area contributed by atoms with E-state index in [1.807, 2.05) is 0 Å². The molecule has 0 bridgehead atoms. The normalized spacial score (nSPS) is 13.0. The van der Waals surface area contributed by atoms with E-state index in [0.717, 1.165) is 0 Å². The van der Waals surface area contributed by atoms with Gasteiger partial charge in [0.05, 0.1) is 6.10 Å². The fourth-order valence-corrected chi connectivity index (χ4v) is 0.951. The van der Waals surface area contributed by atoms with Crippen LogP contribution in [0.4, 0.5) is 8.78 Å². The maximum Gasteiger partial charge on any atom is 0.387 e. The lowest BCUT2D eigenvalue weighted by molar-refractivity contribution is -0.0499. The number of hydrogen-bond donors (Lipinski definition) is 1. The lowest BCUT2D eigenvalue weighted by Crippen LogP contribution is -2.02. The quantitative estimate of drug-likeness (QED) is 0.788. The van der Waals surface area contributed by atoms with Crippen molar-refractivity contribution in [3.05, 3.63) is 29.8 Å². The van der Waals surface area contributed by atoms with Gasteiger partial charge in [-0.05, 0) is 24.6 Å². The first-order valence-corrected chi connectivity index (χ1v) is 3.82. The van der Waals surface area contributed by atoms with Gasteiger partial charge < -0.3 is 9.84 Å². The average Bonchev–Trinajstić information content (AvgIpc) is 2.03. The van der Waals surface area contributed by atoms with Crippen LogP contribution in [0.3, 0.4) is 0 Å². The standard InChI is InChI=1S/C9H10F2O2/c1-6(12)7-3-2-4-8(5-7)13-9(10)11/h2-6,9,12H,1H3. The molecule has 1 rings (SSSR count). The summed E-state index contributed by atoms with van der Waals surface area (Å²) in [5.74, 6) is 0.0633. The summed E-state index contributed by atoms with van der Waals surface area (Å²) in [6.45, 7) is -1.27. The highest BCUT2D eigenvalue weighted by Gasteiger charge is 2.06. The molecule has 0 saturated carbocycles. The molecule has 1 unspecified atom stereocenters. The van der Waals surface area contributed by atoms with Gasteiger partial charge in [0.15, 0.2) is 0 Å². The Morgan fingerprint density at radius 3 is 2.62 bits per heavy atom. The van der Waals surface area contributed by atoms with Crippen LogP contribution in [0, 0.1) is 0 Å². The van der Waals surface area contributed by atoms with Crippen LogP contribution in [0.15, 0.2) is 24.3 Å². The number of alkyl halides is 2. The van der Waals surface area contributed by atoms with Gasteiger partial charge in [-0.2, -0.15) is 8.78 Å². The number of hydrogen-bond acceptors (Lipinski definition) is 2. The van der Waals surface area contributed by atoms with Crippen LogP contribution in [0.25, 0.3) is 0 Å². The summed E-state index contributed by atoms with van der Waals surface area (Å²) in [6, 6.07) is 6.00. The highest BCUT2D eigenvalue weighted by molar-refractivity contribution is 5.29. The Bertz CT molecular complexity index is 274. The van der Waals surface area contributed by atoms with Crippen molar-refractivity contribution < 1.29 is 18.6 Å².